The van der Waals surface area contributed by atoms with Crippen molar-refractivity contribution < 1.29 is 13.2 Å². The number of hydrogen-bond donors (Lipinski definition) is 1. The normalized spacial score (nSPS) is 20.5. The van der Waals surface area contributed by atoms with Crippen molar-refractivity contribution in [1.82, 2.24) is 14.5 Å². The summed E-state index contributed by atoms with van der Waals surface area (Å²) in [5, 5.41) is 0. The van der Waals surface area contributed by atoms with Gasteiger partial charge >= 0.3 is 6.18 Å². The average molecular weight is 298 g/mol. The van der Waals surface area contributed by atoms with E-state index in [0.29, 0.717) is 23.6 Å². The van der Waals surface area contributed by atoms with E-state index in [2.05, 4.69) is 16.9 Å². The zero-order valence-corrected chi connectivity index (χ0v) is 11.7. The Morgan fingerprint density at radius 2 is 2.14 bits per heavy atom. The third kappa shape index (κ3) is 2.57. The zero-order chi connectivity index (χ0) is 15.2. The number of likely N-dealkylation sites (tertiary alicyclic amines) is 1. The van der Waals surface area contributed by atoms with Gasteiger partial charge in [0.25, 0.3) is 0 Å². The molecular formula is C14H17F3N4. The van der Waals surface area contributed by atoms with Gasteiger partial charge in [0.2, 0.25) is 5.95 Å². The van der Waals surface area contributed by atoms with Crippen LogP contribution in [-0.2, 0) is 12.7 Å². The molecule has 1 aromatic heterocycles. The molecule has 114 valence electrons. The van der Waals surface area contributed by atoms with Crippen molar-refractivity contribution in [3.63, 3.8) is 0 Å². The van der Waals surface area contributed by atoms with Gasteiger partial charge < -0.3 is 15.2 Å². The van der Waals surface area contributed by atoms with E-state index < -0.39 is 11.7 Å². The number of rotatable bonds is 2. The molecule has 1 aliphatic heterocycles. The first-order valence-corrected chi connectivity index (χ1v) is 6.89. The topological polar surface area (TPSA) is 47.1 Å². The summed E-state index contributed by atoms with van der Waals surface area (Å²) in [4.78, 5) is 6.32. The number of hydrogen-bond acceptors (Lipinski definition) is 3. The Morgan fingerprint density at radius 1 is 1.38 bits per heavy atom. The molecule has 1 saturated heterocycles. The molecule has 0 radical (unpaired) electrons. The second kappa shape index (κ2) is 4.91. The highest BCUT2D eigenvalue weighted by Crippen LogP contribution is 2.32. The molecule has 4 nitrogen and oxygen atoms in total. The quantitative estimate of drug-likeness (QED) is 0.927. The van der Waals surface area contributed by atoms with Gasteiger partial charge in [0.1, 0.15) is 0 Å². The standard InChI is InChI=1S/C14H17F3N4/c1-20-6-2-3-10(20)8-21-12-5-4-9(14(15,16)17)7-11(12)19-13(21)18/h4-5,7,10H,2-3,6,8H2,1H3,(H2,18,19). The fourth-order valence-electron chi connectivity index (χ4n) is 2.94. The number of alkyl halides is 3. The van der Waals surface area contributed by atoms with Gasteiger partial charge in [0.15, 0.2) is 0 Å². The molecule has 2 aromatic rings. The highest BCUT2D eigenvalue weighted by molar-refractivity contribution is 5.79. The molecule has 0 spiro atoms. The Bertz CT molecular complexity index is 662. The summed E-state index contributed by atoms with van der Waals surface area (Å²) in [7, 11) is 2.05. The third-order valence-corrected chi connectivity index (χ3v) is 4.17. The van der Waals surface area contributed by atoms with Crippen LogP contribution in [-0.4, -0.2) is 34.1 Å². The van der Waals surface area contributed by atoms with Crippen LogP contribution in [0.4, 0.5) is 19.1 Å². The highest BCUT2D eigenvalue weighted by atomic mass is 19.4. The minimum Gasteiger partial charge on any atom is -0.369 e. The molecule has 1 atom stereocenters. The van der Waals surface area contributed by atoms with Crippen LogP contribution in [0.25, 0.3) is 11.0 Å². The molecule has 2 N–H and O–H groups in total. The van der Waals surface area contributed by atoms with Crippen molar-refractivity contribution in [2.24, 2.45) is 0 Å². The number of halogens is 3. The molecule has 1 aliphatic rings. The first-order valence-electron chi connectivity index (χ1n) is 6.89. The molecule has 0 saturated carbocycles. The number of benzene rings is 1. The summed E-state index contributed by atoms with van der Waals surface area (Å²) in [6.45, 7) is 1.69. The minimum absolute atomic E-state index is 0.268. The van der Waals surface area contributed by atoms with Crippen molar-refractivity contribution in [2.45, 2.75) is 31.6 Å². The summed E-state index contributed by atoms with van der Waals surface area (Å²) in [5.74, 6) is 0.268. The molecular weight excluding hydrogens is 281 g/mol. The first kappa shape index (κ1) is 14.2. The average Bonchev–Trinajstić information content (AvgIpc) is 2.93. The van der Waals surface area contributed by atoms with Gasteiger partial charge in [-0.15, -0.1) is 0 Å². The maximum Gasteiger partial charge on any atom is 0.416 e. The first-order chi connectivity index (χ1) is 9.86. The van der Waals surface area contributed by atoms with E-state index in [4.69, 9.17) is 5.73 Å². The number of fused-ring (bicyclic) bond motifs is 1. The Kier molecular flexibility index (Phi) is 3.32. The predicted octanol–water partition coefficient (Wildman–Crippen LogP) is 2.73. The van der Waals surface area contributed by atoms with Gasteiger partial charge in [-0.05, 0) is 44.6 Å². The van der Waals surface area contributed by atoms with Crippen molar-refractivity contribution >= 4 is 17.0 Å². The van der Waals surface area contributed by atoms with E-state index in [0.717, 1.165) is 31.5 Å². The summed E-state index contributed by atoms with van der Waals surface area (Å²) in [6, 6.07) is 3.95. The number of nitrogen functional groups attached to an aromatic ring is 1. The number of nitrogens with zero attached hydrogens (tertiary/aromatic N) is 3. The second-order valence-electron chi connectivity index (χ2n) is 5.56. The molecule has 1 unspecified atom stereocenters. The van der Waals surface area contributed by atoms with Gasteiger partial charge in [-0.3, -0.25) is 0 Å². The Balaban J connectivity index is 1.98. The Hall–Kier alpha value is -1.76. The molecule has 0 amide bonds. The number of nitrogens with two attached hydrogens (primary N) is 1. The lowest BCUT2D eigenvalue weighted by Crippen LogP contribution is -2.29. The molecule has 2 heterocycles. The van der Waals surface area contributed by atoms with Gasteiger partial charge in [0, 0.05) is 12.6 Å². The summed E-state index contributed by atoms with van der Waals surface area (Å²) in [6.07, 6.45) is -2.17. The summed E-state index contributed by atoms with van der Waals surface area (Å²) >= 11 is 0. The van der Waals surface area contributed by atoms with Crippen LogP contribution in [0.1, 0.15) is 18.4 Å². The third-order valence-electron chi connectivity index (χ3n) is 4.17. The van der Waals surface area contributed by atoms with E-state index in [9.17, 15) is 13.2 Å². The SMILES string of the molecule is CN1CCCC1Cn1c(N)nc2cc(C(F)(F)F)ccc21. The highest BCUT2D eigenvalue weighted by Gasteiger charge is 2.31. The van der Waals surface area contributed by atoms with E-state index in [1.165, 1.54) is 6.07 Å². The van der Waals surface area contributed by atoms with Crippen molar-refractivity contribution in [1.29, 1.82) is 0 Å². The number of imidazole rings is 1. The monoisotopic (exact) mass is 298 g/mol. The molecule has 3 rings (SSSR count). The molecule has 0 aliphatic carbocycles. The summed E-state index contributed by atoms with van der Waals surface area (Å²) < 4.78 is 40.0. The largest absolute Gasteiger partial charge is 0.416 e. The van der Waals surface area contributed by atoms with Gasteiger partial charge in [-0.1, -0.05) is 0 Å². The maximum atomic E-state index is 12.7. The van der Waals surface area contributed by atoms with Crippen LogP contribution in [0.5, 0.6) is 0 Å². The van der Waals surface area contributed by atoms with E-state index >= 15 is 0 Å². The Labute approximate surface area is 120 Å². The van der Waals surface area contributed by atoms with Crippen molar-refractivity contribution in [3.05, 3.63) is 23.8 Å². The van der Waals surface area contributed by atoms with Crippen LogP contribution >= 0.6 is 0 Å². The maximum absolute atomic E-state index is 12.7. The van der Waals surface area contributed by atoms with Crippen molar-refractivity contribution in [2.75, 3.05) is 19.3 Å². The molecule has 1 aromatic carbocycles. The van der Waals surface area contributed by atoms with E-state index in [1.54, 1.807) is 0 Å². The number of aromatic nitrogens is 2. The lowest BCUT2D eigenvalue weighted by Gasteiger charge is -2.20. The smallest absolute Gasteiger partial charge is 0.369 e. The minimum atomic E-state index is -4.36. The number of anilines is 1. The fraction of sp³-hybridized carbons (Fsp3) is 0.500. The van der Waals surface area contributed by atoms with Gasteiger partial charge in [-0.2, -0.15) is 13.2 Å². The van der Waals surface area contributed by atoms with Crippen LogP contribution in [0, 0.1) is 0 Å². The van der Waals surface area contributed by atoms with Gasteiger partial charge in [-0.25, -0.2) is 4.98 Å². The van der Waals surface area contributed by atoms with E-state index in [-0.39, 0.29) is 5.95 Å². The van der Waals surface area contributed by atoms with Gasteiger partial charge in [0.05, 0.1) is 16.6 Å². The Morgan fingerprint density at radius 3 is 2.76 bits per heavy atom. The molecule has 1 fully saturated rings. The van der Waals surface area contributed by atoms with E-state index in [1.807, 2.05) is 4.57 Å². The fourth-order valence-corrected chi connectivity index (χ4v) is 2.94. The number of likely N-dealkylation sites (N-methyl/N-ethyl adjacent to an activating group) is 1. The van der Waals surface area contributed by atoms with Crippen LogP contribution in [0.15, 0.2) is 18.2 Å². The van der Waals surface area contributed by atoms with Crippen LogP contribution in [0.2, 0.25) is 0 Å². The lowest BCUT2D eigenvalue weighted by molar-refractivity contribution is -0.137. The molecule has 7 heteroatoms. The summed E-state index contributed by atoms with van der Waals surface area (Å²) in [5.41, 5.74) is 6.14. The molecule has 0 bridgehead atoms. The zero-order valence-electron chi connectivity index (χ0n) is 11.7. The molecule has 21 heavy (non-hydrogen) atoms. The van der Waals surface area contributed by atoms with Crippen molar-refractivity contribution in [3.8, 4) is 0 Å². The predicted molar refractivity (Wildman–Crippen MR) is 74.8 cm³/mol. The lowest BCUT2D eigenvalue weighted by atomic mass is 10.2. The van der Waals surface area contributed by atoms with Crippen LogP contribution < -0.4 is 5.73 Å². The van der Waals surface area contributed by atoms with Crippen LogP contribution in [0.3, 0.4) is 0 Å². The second-order valence-corrected chi connectivity index (χ2v) is 5.56.